The molecule has 8 nitrogen and oxygen atoms in total. The minimum atomic E-state index is -0.242. The summed E-state index contributed by atoms with van der Waals surface area (Å²) in [5.74, 6) is 0.312. The molecule has 36 heavy (non-hydrogen) atoms. The molecule has 2 aromatic carbocycles. The van der Waals surface area contributed by atoms with Crippen molar-refractivity contribution in [3.8, 4) is 17.0 Å². The van der Waals surface area contributed by atoms with Crippen LogP contribution in [0.15, 0.2) is 67.0 Å². The number of hydrogen-bond acceptors (Lipinski definition) is 6. The van der Waals surface area contributed by atoms with Gasteiger partial charge < -0.3 is 31.0 Å². The number of carbonyl (C=O) groups is 1. The third-order valence-electron chi connectivity index (χ3n) is 5.96. The number of imidazole rings is 1. The lowest BCUT2D eigenvalue weighted by Crippen LogP contribution is -2.37. The Balaban J connectivity index is 1.45. The van der Waals surface area contributed by atoms with Gasteiger partial charge in [0.25, 0.3) is 5.91 Å². The summed E-state index contributed by atoms with van der Waals surface area (Å²) in [5, 5.41) is 12.6. The van der Waals surface area contributed by atoms with Gasteiger partial charge >= 0.3 is 0 Å². The number of benzene rings is 2. The highest BCUT2D eigenvalue weighted by Gasteiger charge is 2.16. The van der Waals surface area contributed by atoms with Crippen LogP contribution >= 0.6 is 0 Å². The third kappa shape index (κ3) is 5.84. The van der Waals surface area contributed by atoms with Crippen LogP contribution in [0.2, 0.25) is 0 Å². The number of nitrogen functional groups attached to an aromatic ring is 1. The van der Waals surface area contributed by atoms with Crippen LogP contribution in [-0.2, 0) is 13.0 Å². The molecule has 0 aliphatic rings. The molecule has 0 bridgehead atoms. The lowest BCUT2D eigenvalue weighted by Gasteiger charge is -2.19. The van der Waals surface area contributed by atoms with Crippen molar-refractivity contribution in [1.29, 1.82) is 0 Å². The molecule has 1 atom stereocenters. The molecule has 0 saturated heterocycles. The van der Waals surface area contributed by atoms with E-state index in [1.54, 1.807) is 18.2 Å². The Labute approximate surface area is 210 Å². The fourth-order valence-electron chi connectivity index (χ4n) is 4.17. The Morgan fingerprint density at radius 3 is 2.61 bits per heavy atom. The molecule has 8 heteroatoms. The Morgan fingerprint density at radius 1 is 1.17 bits per heavy atom. The normalized spacial score (nSPS) is 12.1. The van der Waals surface area contributed by atoms with Gasteiger partial charge in [0.2, 0.25) is 0 Å². The van der Waals surface area contributed by atoms with Gasteiger partial charge in [-0.05, 0) is 56.5 Å². The molecule has 0 spiro atoms. The molecular weight excluding hydrogens is 454 g/mol. The number of amides is 1. The second kappa shape index (κ2) is 11.2. The second-order valence-corrected chi connectivity index (χ2v) is 9.10. The van der Waals surface area contributed by atoms with Crippen molar-refractivity contribution in [2.75, 3.05) is 12.3 Å². The first-order valence-corrected chi connectivity index (χ1v) is 12.1. The highest BCUT2D eigenvalue weighted by Crippen LogP contribution is 2.24. The average Bonchev–Trinajstić information content (AvgIpc) is 3.30. The summed E-state index contributed by atoms with van der Waals surface area (Å²) >= 11 is 0. The van der Waals surface area contributed by atoms with Crippen LogP contribution in [0.25, 0.3) is 16.9 Å². The molecular formula is C28H33N5O3. The van der Waals surface area contributed by atoms with Crippen LogP contribution < -0.4 is 21.5 Å². The molecule has 4 aromatic rings. The fraction of sp³-hybridized carbons (Fsp3) is 0.286. The maximum Gasteiger partial charge on any atom is 0.251 e. The molecule has 0 radical (unpaired) electrons. The van der Waals surface area contributed by atoms with Crippen LogP contribution in [0, 0.1) is 0 Å². The van der Waals surface area contributed by atoms with E-state index in [0.29, 0.717) is 36.4 Å². The maximum atomic E-state index is 12.9. The first kappa shape index (κ1) is 25.2. The molecule has 0 aliphatic carbocycles. The zero-order valence-corrected chi connectivity index (χ0v) is 20.6. The maximum absolute atomic E-state index is 12.9. The van der Waals surface area contributed by atoms with E-state index >= 15 is 0 Å². The zero-order valence-electron chi connectivity index (χ0n) is 20.6. The van der Waals surface area contributed by atoms with Crippen molar-refractivity contribution < 1.29 is 14.6 Å². The number of aromatic nitrogens is 2. The molecule has 2 heterocycles. The number of hydrogen-bond donors (Lipinski definition) is 4. The predicted molar refractivity (Wildman–Crippen MR) is 142 cm³/mol. The van der Waals surface area contributed by atoms with Crippen LogP contribution in [0.3, 0.4) is 0 Å². The monoisotopic (exact) mass is 487 g/mol. The van der Waals surface area contributed by atoms with Gasteiger partial charge in [0.15, 0.2) is 0 Å². The number of nitrogens with two attached hydrogens (primary N) is 2. The van der Waals surface area contributed by atoms with Crippen molar-refractivity contribution in [2.45, 2.75) is 45.4 Å². The molecule has 1 amide bonds. The number of ether oxygens (including phenoxy) is 1. The third-order valence-corrected chi connectivity index (χ3v) is 5.96. The van der Waals surface area contributed by atoms with E-state index < -0.39 is 0 Å². The van der Waals surface area contributed by atoms with E-state index in [0.717, 1.165) is 28.0 Å². The molecule has 188 valence electrons. The van der Waals surface area contributed by atoms with E-state index in [1.807, 2.05) is 67.0 Å². The fourth-order valence-corrected chi connectivity index (χ4v) is 4.17. The summed E-state index contributed by atoms with van der Waals surface area (Å²) in [6.45, 7) is 4.24. The topological polar surface area (TPSA) is 128 Å². The van der Waals surface area contributed by atoms with E-state index in [-0.39, 0.29) is 24.7 Å². The van der Waals surface area contributed by atoms with Gasteiger partial charge in [-0.1, -0.05) is 30.3 Å². The number of pyridine rings is 1. The Hall–Kier alpha value is -3.88. The lowest BCUT2D eigenvalue weighted by atomic mass is 10.0. The SMILES string of the molecule is CC(C)Oc1ccc(C(=O)N[C@H](CCO)Cc2ccc(-c3cn4cccc(CN)c4n3)cc2)cc1N. The van der Waals surface area contributed by atoms with Crippen molar-refractivity contribution >= 4 is 17.2 Å². The zero-order chi connectivity index (χ0) is 25.7. The minimum absolute atomic E-state index is 0.0107. The first-order valence-electron chi connectivity index (χ1n) is 12.1. The van der Waals surface area contributed by atoms with Crippen LogP contribution in [0.1, 0.15) is 41.8 Å². The van der Waals surface area contributed by atoms with Crippen LogP contribution in [0.4, 0.5) is 5.69 Å². The summed E-state index contributed by atoms with van der Waals surface area (Å²) in [4.78, 5) is 17.6. The number of aliphatic hydroxyl groups excluding tert-OH is 1. The summed E-state index contributed by atoms with van der Waals surface area (Å²) in [6.07, 6.45) is 4.95. The second-order valence-electron chi connectivity index (χ2n) is 9.10. The van der Waals surface area contributed by atoms with Gasteiger partial charge in [-0.2, -0.15) is 0 Å². The van der Waals surface area contributed by atoms with Gasteiger partial charge in [-0.15, -0.1) is 0 Å². The molecule has 2 aromatic heterocycles. The summed E-state index contributed by atoms with van der Waals surface area (Å²) in [5.41, 5.74) is 17.5. The molecule has 0 saturated carbocycles. The molecule has 4 rings (SSSR count). The summed E-state index contributed by atoms with van der Waals surface area (Å²) in [7, 11) is 0. The van der Waals surface area contributed by atoms with Gasteiger partial charge in [0.05, 0.1) is 17.5 Å². The summed E-state index contributed by atoms with van der Waals surface area (Å²) in [6, 6.07) is 16.8. The molecule has 6 N–H and O–H groups in total. The van der Waals surface area contributed by atoms with Crippen molar-refractivity contribution in [2.24, 2.45) is 5.73 Å². The quantitative estimate of drug-likeness (QED) is 0.253. The number of anilines is 1. The summed E-state index contributed by atoms with van der Waals surface area (Å²) < 4.78 is 7.63. The van der Waals surface area contributed by atoms with Crippen LogP contribution in [-0.4, -0.2) is 39.2 Å². The first-order chi connectivity index (χ1) is 17.4. The lowest BCUT2D eigenvalue weighted by molar-refractivity contribution is 0.0930. The van der Waals surface area contributed by atoms with Crippen LogP contribution in [0.5, 0.6) is 5.75 Å². The van der Waals surface area contributed by atoms with Gasteiger partial charge in [-0.3, -0.25) is 4.79 Å². The van der Waals surface area contributed by atoms with E-state index in [1.165, 1.54) is 0 Å². The smallest absolute Gasteiger partial charge is 0.251 e. The number of aliphatic hydroxyl groups is 1. The highest BCUT2D eigenvalue weighted by atomic mass is 16.5. The predicted octanol–water partition coefficient (Wildman–Crippen LogP) is 3.55. The minimum Gasteiger partial charge on any atom is -0.489 e. The Kier molecular flexibility index (Phi) is 7.87. The highest BCUT2D eigenvalue weighted by molar-refractivity contribution is 5.95. The Morgan fingerprint density at radius 2 is 1.94 bits per heavy atom. The van der Waals surface area contributed by atoms with E-state index in [2.05, 4.69) is 5.32 Å². The van der Waals surface area contributed by atoms with Gasteiger partial charge in [-0.25, -0.2) is 4.98 Å². The molecule has 0 aliphatic heterocycles. The number of fused-ring (bicyclic) bond motifs is 1. The number of nitrogens with one attached hydrogen (secondary N) is 1. The molecule has 0 fully saturated rings. The van der Waals surface area contributed by atoms with Crippen molar-refractivity contribution in [3.63, 3.8) is 0 Å². The number of nitrogens with zero attached hydrogens (tertiary/aromatic N) is 2. The van der Waals surface area contributed by atoms with Gasteiger partial charge in [0.1, 0.15) is 11.4 Å². The standard InChI is InChI=1S/C28H33N5O3/c1-18(2)36-26-10-9-21(15-24(26)30)28(35)31-23(11-13-34)14-19-5-7-20(8-6-19)25-17-33-12-3-4-22(16-29)27(33)32-25/h3-10,12,15,17-18,23,34H,11,13-14,16,29-30H2,1-2H3,(H,31,35)/t23-/m1/s1. The molecule has 0 unspecified atom stereocenters. The number of carbonyl (C=O) groups excluding carboxylic acids is 1. The van der Waals surface area contributed by atoms with E-state index in [4.69, 9.17) is 21.2 Å². The number of rotatable bonds is 10. The van der Waals surface area contributed by atoms with E-state index in [9.17, 15) is 9.90 Å². The van der Waals surface area contributed by atoms with Gasteiger partial charge in [0, 0.05) is 48.3 Å². The average molecular weight is 488 g/mol. The van der Waals surface area contributed by atoms with Crippen molar-refractivity contribution in [3.05, 3.63) is 83.7 Å². The largest absolute Gasteiger partial charge is 0.489 e. The Bertz CT molecular complexity index is 1330. The van der Waals surface area contributed by atoms with Crippen molar-refractivity contribution in [1.82, 2.24) is 14.7 Å².